The van der Waals surface area contributed by atoms with Gasteiger partial charge in [-0.3, -0.25) is 4.79 Å². The third-order valence-electron chi connectivity index (χ3n) is 3.48. The van der Waals surface area contributed by atoms with Gasteiger partial charge in [-0.05, 0) is 42.7 Å². The molecule has 0 fully saturated rings. The van der Waals surface area contributed by atoms with E-state index in [4.69, 9.17) is 5.73 Å². The lowest BCUT2D eigenvalue weighted by Gasteiger charge is -2.14. The number of nitrogen functional groups attached to an aromatic ring is 1. The van der Waals surface area contributed by atoms with E-state index >= 15 is 0 Å². The van der Waals surface area contributed by atoms with Crippen LogP contribution in [0.25, 0.3) is 0 Å². The Labute approximate surface area is 126 Å². The van der Waals surface area contributed by atoms with Crippen LogP contribution in [0.1, 0.15) is 12.0 Å². The number of carbonyl (C=O) groups excluding carboxylic acids is 1. The smallest absolute Gasteiger partial charge is 0.237 e. The molecule has 2 aromatic rings. The summed E-state index contributed by atoms with van der Waals surface area (Å²) in [6, 6.07) is 12.1. The molecule has 0 radical (unpaired) electrons. The molecule has 21 heavy (non-hydrogen) atoms. The molecule has 1 aliphatic rings. The molecule has 0 bridgehead atoms. The molecule has 1 unspecified atom stereocenters. The number of carbonyl (C=O) groups is 1. The molecule has 0 saturated carbocycles. The third kappa shape index (κ3) is 3.03. The first kappa shape index (κ1) is 13.9. The maximum atomic E-state index is 13.1. The molecule has 1 aliphatic heterocycles. The van der Waals surface area contributed by atoms with Crippen LogP contribution in [0.4, 0.5) is 15.8 Å². The van der Waals surface area contributed by atoms with Gasteiger partial charge in [0.1, 0.15) is 5.82 Å². The van der Waals surface area contributed by atoms with Crippen molar-refractivity contribution in [1.82, 2.24) is 0 Å². The zero-order chi connectivity index (χ0) is 14.8. The molecule has 108 valence electrons. The number of benzene rings is 2. The lowest BCUT2D eigenvalue weighted by atomic mass is 10.1. The molecule has 1 amide bonds. The van der Waals surface area contributed by atoms with E-state index in [2.05, 4.69) is 5.32 Å². The van der Waals surface area contributed by atoms with Crippen molar-refractivity contribution in [2.45, 2.75) is 23.0 Å². The van der Waals surface area contributed by atoms with Gasteiger partial charge in [-0.2, -0.15) is 0 Å². The summed E-state index contributed by atoms with van der Waals surface area (Å²) in [5.41, 5.74) is 8.20. The van der Waals surface area contributed by atoms with Crippen LogP contribution in [0, 0.1) is 5.82 Å². The van der Waals surface area contributed by atoms with Gasteiger partial charge in [-0.1, -0.05) is 18.2 Å². The quantitative estimate of drug-likeness (QED) is 0.835. The van der Waals surface area contributed by atoms with Crippen LogP contribution in [-0.4, -0.2) is 11.2 Å². The Morgan fingerprint density at radius 3 is 2.86 bits per heavy atom. The SMILES string of the molecule is Nc1cc(F)ccc1SC1CCc2ccccc2NC1=O. The summed E-state index contributed by atoms with van der Waals surface area (Å²) in [6.45, 7) is 0. The van der Waals surface area contributed by atoms with E-state index in [0.717, 1.165) is 29.0 Å². The lowest BCUT2D eigenvalue weighted by Crippen LogP contribution is -2.23. The minimum atomic E-state index is -0.366. The minimum absolute atomic E-state index is 0.0336. The second-order valence-electron chi connectivity index (χ2n) is 4.97. The summed E-state index contributed by atoms with van der Waals surface area (Å²) in [5, 5.41) is 2.72. The predicted molar refractivity (Wildman–Crippen MR) is 83.9 cm³/mol. The molecule has 2 aromatic carbocycles. The maximum Gasteiger partial charge on any atom is 0.237 e. The number of rotatable bonds is 2. The number of fused-ring (bicyclic) bond motifs is 1. The van der Waals surface area contributed by atoms with Gasteiger partial charge in [0, 0.05) is 16.3 Å². The minimum Gasteiger partial charge on any atom is -0.398 e. The number of nitrogens with two attached hydrogens (primary N) is 1. The van der Waals surface area contributed by atoms with Crippen LogP contribution in [-0.2, 0) is 11.2 Å². The van der Waals surface area contributed by atoms with Crippen molar-refractivity contribution >= 4 is 29.0 Å². The van der Waals surface area contributed by atoms with E-state index in [1.165, 1.54) is 23.9 Å². The predicted octanol–water partition coefficient (Wildman–Crippen LogP) is 3.45. The molecule has 3 nitrogen and oxygen atoms in total. The molecule has 0 saturated heterocycles. The summed E-state index contributed by atoms with van der Waals surface area (Å²) in [4.78, 5) is 13.1. The van der Waals surface area contributed by atoms with Crippen molar-refractivity contribution in [3.8, 4) is 0 Å². The second kappa shape index (κ2) is 5.77. The molecule has 3 N–H and O–H groups in total. The van der Waals surface area contributed by atoms with Crippen LogP contribution < -0.4 is 11.1 Å². The zero-order valence-corrected chi connectivity index (χ0v) is 12.1. The highest BCUT2D eigenvalue weighted by atomic mass is 32.2. The van der Waals surface area contributed by atoms with Crippen molar-refractivity contribution in [2.24, 2.45) is 0 Å². The average molecular weight is 302 g/mol. The van der Waals surface area contributed by atoms with Crippen molar-refractivity contribution in [2.75, 3.05) is 11.1 Å². The number of aryl methyl sites for hydroxylation is 1. The Balaban J connectivity index is 1.80. The van der Waals surface area contributed by atoms with E-state index in [-0.39, 0.29) is 17.0 Å². The molecule has 1 heterocycles. The summed E-state index contributed by atoms with van der Waals surface area (Å²) in [5.74, 6) is -0.400. The molecule has 0 aliphatic carbocycles. The Kier molecular flexibility index (Phi) is 3.84. The van der Waals surface area contributed by atoms with Crippen LogP contribution in [0.5, 0.6) is 0 Å². The van der Waals surface area contributed by atoms with Gasteiger partial charge in [0.15, 0.2) is 0 Å². The number of nitrogens with one attached hydrogen (secondary N) is 1. The highest BCUT2D eigenvalue weighted by molar-refractivity contribution is 8.00. The normalized spacial score (nSPS) is 17.8. The zero-order valence-electron chi connectivity index (χ0n) is 11.3. The Morgan fingerprint density at radius 1 is 1.24 bits per heavy atom. The summed E-state index contributed by atoms with van der Waals surface area (Å²) in [6.07, 6.45) is 1.55. The molecule has 1 atom stereocenters. The number of hydrogen-bond acceptors (Lipinski definition) is 3. The van der Waals surface area contributed by atoms with Gasteiger partial charge in [0.05, 0.1) is 5.25 Å². The van der Waals surface area contributed by atoms with Gasteiger partial charge in [-0.25, -0.2) is 4.39 Å². The number of thioether (sulfide) groups is 1. The maximum absolute atomic E-state index is 13.1. The van der Waals surface area contributed by atoms with E-state index in [1.807, 2.05) is 24.3 Å². The molecule has 3 rings (SSSR count). The first-order valence-corrected chi connectivity index (χ1v) is 7.62. The topological polar surface area (TPSA) is 55.1 Å². The van der Waals surface area contributed by atoms with E-state index in [9.17, 15) is 9.18 Å². The molecule has 5 heteroatoms. The van der Waals surface area contributed by atoms with Crippen LogP contribution in [0.15, 0.2) is 47.4 Å². The molecular weight excluding hydrogens is 287 g/mol. The average Bonchev–Trinajstić information content (AvgIpc) is 2.61. The van der Waals surface area contributed by atoms with Crippen molar-refractivity contribution in [1.29, 1.82) is 0 Å². The summed E-state index contributed by atoms with van der Waals surface area (Å²) >= 11 is 1.39. The van der Waals surface area contributed by atoms with Crippen molar-refractivity contribution < 1.29 is 9.18 Å². The largest absolute Gasteiger partial charge is 0.398 e. The van der Waals surface area contributed by atoms with E-state index < -0.39 is 0 Å². The Bertz CT molecular complexity index is 690. The fourth-order valence-corrected chi connectivity index (χ4v) is 3.43. The third-order valence-corrected chi connectivity index (χ3v) is 4.84. The Morgan fingerprint density at radius 2 is 2.05 bits per heavy atom. The fraction of sp³-hybridized carbons (Fsp3) is 0.188. The van der Waals surface area contributed by atoms with E-state index in [0.29, 0.717) is 5.69 Å². The van der Waals surface area contributed by atoms with Gasteiger partial charge in [0.25, 0.3) is 0 Å². The van der Waals surface area contributed by atoms with E-state index in [1.54, 1.807) is 6.07 Å². The summed E-state index contributed by atoms with van der Waals surface area (Å²) in [7, 11) is 0. The number of amides is 1. The lowest BCUT2D eigenvalue weighted by molar-refractivity contribution is -0.115. The monoisotopic (exact) mass is 302 g/mol. The highest BCUT2D eigenvalue weighted by Crippen LogP contribution is 2.34. The number of hydrogen-bond donors (Lipinski definition) is 2. The number of anilines is 2. The first-order valence-electron chi connectivity index (χ1n) is 6.74. The van der Waals surface area contributed by atoms with Crippen LogP contribution >= 0.6 is 11.8 Å². The first-order chi connectivity index (χ1) is 10.1. The number of para-hydroxylation sites is 1. The highest BCUT2D eigenvalue weighted by Gasteiger charge is 2.25. The van der Waals surface area contributed by atoms with Gasteiger partial charge in [-0.15, -0.1) is 11.8 Å². The standard InChI is InChI=1S/C16H15FN2OS/c17-11-6-8-14(12(18)9-11)21-15-7-5-10-3-1-2-4-13(10)19-16(15)20/h1-4,6,8-9,15H,5,7,18H2,(H,19,20). The second-order valence-corrected chi connectivity index (χ2v) is 6.22. The van der Waals surface area contributed by atoms with Crippen LogP contribution in [0.3, 0.4) is 0 Å². The molecular formula is C16H15FN2OS. The fourth-order valence-electron chi connectivity index (χ4n) is 2.38. The number of halogens is 1. The molecule has 0 spiro atoms. The summed E-state index contributed by atoms with van der Waals surface area (Å²) < 4.78 is 13.1. The van der Waals surface area contributed by atoms with Gasteiger partial charge < -0.3 is 11.1 Å². The Hall–Kier alpha value is -2.01. The van der Waals surface area contributed by atoms with Crippen LogP contribution in [0.2, 0.25) is 0 Å². The van der Waals surface area contributed by atoms with Crippen molar-refractivity contribution in [3.05, 3.63) is 53.8 Å². The van der Waals surface area contributed by atoms with Crippen molar-refractivity contribution in [3.63, 3.8) is 0 Å². The molecule has 0 aromatic heterocycles. The van der Waals surface area contributed by atoms with Gasteiger partial charge in [0.2, 0.25) is 5.91 Å². The van der Waals surface area contributed by atoms with Gasteiger partial charge >= 0.3 is 0 Å².